The van der Waals surface area contributed by atoms with E-state index in [0.29, 0.717) is 0 Å². The molecule has 3 heteroatoms. The van der Waals surface area contributed by atoms with E-state index in [1.54, 1.807) is 0 Å². The molecular formula is C13H9NOS. The summed E-state index contributed by atoms with van der Waals surface area (Å²) in [4.78, 5) is 10.5. The van der Waals surface area contributed by atoms with E-state index in [4.69, 9.17) is 0 Å². The Bertz CT molecular complexity index is 508. The zero-order valence-electron chi connectivity index (χ0n) is 8.46. The van der Waals surface area contributed by atoms with Crippen LogP contribution >= 0.6 is 11.9 Å². The highest BCUT2D eigenvalue weighted by atomic mass is 32.2. The molecule has 0 saturated carbocycles. The van der Waals surface area contributed by atoms with Gasteiger partial charge in [0.15, 0.2) is 0 Å². The Balaban J connectivity index is 2.25. The maximum Gasteiger partial charge on any atom is 0.0811 e. The van der Waals surface area contributed by atoms with Crippen molar-refractivity contribution < 1.29 is 0 Å². The number of benzene rings is 2. The molecule has 78 valence electrons. The smallest absolute Gasteiger partial charge is 0.0811 e. The third-order valence-corrected chi connectivity index (χ3v) is 3.73. The van der Waals surface area contributed by atoms with Gasteiger partial charge in [-0.3, -0.25) is 0 Å². The Kier molecular flexibility index (Phi) is 2.26. The van der Waals surface area contributed by atoms with Crippen molar-refractivity contribution in [2.24, 2.45) is 4.58 Å². The molecule has 2 nitrogen and oxygen atoms in total. The van der Waals surface area contributed by atoms with E-state index in [2.05, 4.69) is 28.8 Å². The second kappa shape index (κ2) is 3.76. The molecule has 1 aliphatic carbocycles. The van der Waals surface area contributed by atoms with Crippen molar-refractivity contribution in [2.75, 3.05) is 0 Å². The van der Waals surface area contributed by atoms with E-state index in [1.807, 2.05) is 24.3 Å². The molecule has 0 heterocycles. The molecule has 0 bridgehead atoms. The van der Waals surface area contributed by atoms with Crippen molar-refractivity contribution in [3.05, 3.63) is 64.6 Å². The summed E-state index contributed by atoms with van der Waals surface area (Å²) >= 11 is 1.09. The number of fused-ring (bicyclic) bond motifs is 3. The highest BCUT2D eigenvalue weighted by molar-refractivity contribution is 7.98. The van der Waals surface area contributed by atoms with Crippen molar-refractivity contribution in [3.63, 3.8) is 0 Å². The van der Waals surface area contributed by atoms with Gasteiger partial charge in [0, 0.05) is 16.5 Å². The summed E-state index contributed by atoms with van der Waals surface area (Å²) in [5.74, 6) is 0. The minimum atomic E-state index is 0.0601. The maximum atomic E-state index is 10.5. The largest absolute Gasteiger partial charge is 0.137 e. The van der Waals surface area contributed by atoms with Crippen molar-refractivity contribution in [3.8, 4) is 11.1 Å². The molecule has 0 atom stereocenters. The van der Waals surface area contributed by atoms with Crippen LogP contribution in [0.5, 0.6) is 0 Å². The number of nitroso groups, excluding NO2 is 1. The van der Waals surface area contributed by atoms with Gasteiger partial charge < -0.3 is 0 Å². The fourth-order valence-corrected chi connectivity index (χ4v) is 2.99. The van der Waals surface area contributed by atoms with Gasteiger partial charge in [-0.2, -0.15) is 0 Å². The minimum absolute atomic E-state index is 0.0601. The molecule has 0 aliphatic heterocycles. The summed E-state index contributed by atoms with van der Waals surface area (Å²) in [5, 5.41) is 0.0601. The summed E-state index contributed by atoms with van der Waals surface area (Å²) < 4.78 is 2.98. The van der Waals surface area contributed by atoms with Crippen LogP contribution in [-0.4, -0.2) is 0 Å². The van der Waals surface area contributed by atoms with Crippen LogP contribution in [0.1, 0.15) is 16.4 Å². The first kappa shape index (κ1) is 9.60. The molecule has 0 aromatic heterocycles. The van der Waals surface area contributed by atoms with Gasteiger partial charge in [-0.25, -0.2) is 0 Å². The zero-order chi connectivity index (χ0) is 11.0. The SMILES string of the molecule is O=NSC1c2ccccc2-c2ccccc21. The highest BCUT2D eigenvalue weighted by Crippen LogP contribution is 2.49. The maximum absolute atomic E-state index is 10.5. The lowest BCUT2D eigenvalue weighted by atomic mass is 10.1. The summed E-state index contributed by atoms with van der Waals surface area (Å²) in [6.45, 7) is 0. The Hall–Kier alpha value is -1.61. The average Bonchev–Trinajstić information content (AvgIpc) is 2.66. The fraction of sp³-hybridized carbons (Fsp3) is 0.0769. The van der Waals surface area contributed by atoms with Crippen LogP contribution in [0.15, 0.2) is 53.1 Å². The first-order valence-electron chi connectivity index (χ1n) is 5.08. The van der Waals surface area contributed by atoms with Gasteiger partial charge in [0.05, 0.1) is 5.25 Å². The van der Waals surface area contributed by atoms with Gasteiger partial charge in [-0.15, -0.1) is 4.91 Å². The highest BCUT2D eigenvalue weighted by Gasteiger charge is 2.28. The third-order valence-electron chi connectivity index (χ3n) is 2.93. The molecule has 2 aromatic rings. The van der Waals surface area contributed by atoms with E-state index in [-0.39, 0.29) is 5.25 Å². The van der Waals surface area contributed by atoms with E-state index in [9.17, 15) is 4.91 Å². The van der Waals surface area contributed by atoms with Gasteiger partial charge >= 0.3 is 0 Å². The Morgan fingerprint density at radius 2 is 1.38 bits per heavy atom. The molecule has 16 heavy (non-hydrogen) atoms. The molecule has 0 spiro atoms. The lowest BCUT2D eigenvalue weighted by molar-refractivity contribution is 1.22. The molecule has 0 radical (unpaired) electrons. The first-order valence-corrected chi connectivity index (χ1v) is 5.92. The predicted molar refractivity (Wildman–Crippen MR) is 67.1 cm³/mol. The van der Waals surface area contributed by atoms with Crippen molar-refractivity contribution >= 4 is 11.9 Å². The Morgan fingerprint density at radius 3 is 1.88 bits per heavy atom. The molecule has 0 unspecified atom stereocenters. The van der Waals surface area contributed by atoms with Gasteiger partial charge in [-0.1, -0.05) is 48.5 Å². The van der Waals surface area contributed by atoms with Crippen LogP contribution in [0.2, 0.25) is 0 Å². The summed E-state index contributed by atoms with van der Waals surface area (Å²) in [6, 6.07) is 16.4. The van der Waals surface area contributed by atoms with E-state index in [0.717, 1.165) is 11.9 Å². The number of hydrogen-bond donors (Lipinski definition) is 0. The Morgan fingerprint density at radius 1 is 0.875 bits per heavy atom. The summed E-state index contributed by atoms with van der Waals surface area (Å²) in [6.07, 6.45) is 0. The summed E-state index contributed by atoms with van der Waals surface area (Å²) in [7, 11) is 0. The van der Waals surface area contributed by atoms with Crippen LogP contribution < -0.4 is 0 Å². The molecule has 0 fully saturated rings. The van der Waals surface area contributed by atoms with Gasteiger partial charge in [0.1, 0.15) is 0 Å². The van der Waals surface area contributed by atoms with Crippen molar-refractivity contribution in [2.45, 2.75) is 5.25 Å². The van der Waals surface area contributed by atoms with Crippen molar-refractivity contribution in [1.29, 1.82) is 0 Å². The number of rotatable bonds is 2. The van der Waals surface area contributed by atoms with Crippen molar-refractivity contribution in [1.82, 2.24) is 0 Å². The first-order chi connectivity index (χ1) is 7.92. The third kappa shape index (κ3) is 1.28. The molecule has 2 aromatic carbocycles. The van der Waals surface area contributed by atoms with Crippen LogP contribution in [0.25, 0.3) is 11.1 Å². The van der Waals surface area contributed by atoms with Crippen LogP contribution in [-0.2, 0) is 0 Å². The fourth-order valence-electron chi connectivity index (χ4n) is 2.27. The Labute approximate surface area is 97.8 Å². The van der Waals surface area contributed by atoms with Gasteiger partial charge in [0.2, 0.25) is 0 Å². The summed E-state index contributed by atoms with van der Waals surface area (Å²) in [5.41, 5.74) is 4.82. The molecule has 0 N–H and O–H groups in total. The lowest BCUT2D eigenvalue weighted by Crippen LogP contribution is -1.88. The topological polar surface area (TPSA) is 29.4 Å². The minimum Gasteiger partial charge on any atom is -0.137 e. The molecule has 1 aliphatic rings. The monoisotopic (exact) mass is 227 g/mol. The zero-order valence-corrected chi connectivity index (χ0v) is 9.28. The lowest BCUT2D eigenvalue weighted by Gasteiger charge is -2.06. The molecular weight excluding hydrogens is 218 g/mol. The van der Waals surface area contributed by atoms with Crippen LogP contribution in [0.3, 0.4) is 0 Å². The molecule has 0 amide bonds. The average molecular weight is 227 g/mol. The second-order valence-corrected chi connectivity index (χ2v) is 4.57. The quantitative estimate of drug-likeness (QED) is 0.569. The van der Waals surface area contributed by atoms with E-state index in [1.165, 1.54) is 22.3 Å². The number of hydrogen-bond acceptors (Lipinski definition) is 3. The molecule has 3 rings (SSSR count). The van der Waals surface area contributed by atoms with Crippen LogP contribution in [0, 0.1) is 4.91 Å². The van der Waals surface area contributed by atoms with Gasteiger partial charge in [0.25, 0.3) is 0 Å². The van der Waals surface area contributed by atoms with E-state index >= 15 is 0 Å². The van der Waals surface area contributed by atoms with E-state index < -0.39 is 0 Å². The predicted octanol–water partition coefficient (Wildman–Crippen LogP) is 4.17. The standard InChI is InChI=1S/C13H9NOS/c15-14-16-13-11-7-3-1-5-9(11)10-6-2-4-8-12(10)13/h1-8,13H. The van der Waals surface area contributed by atoms with Crippen LogP contribution in [0.4, 0.5) is 0 Å². The second-order valence-electron chi connectivity index (χ2n) is 3.73. The normalized spacial score (nSPS) is 13.2. The number of nitrogens with zero attached hydrogens (tertiary/aromatic N) is 1. The molecule has 0 saturated heterocycles. The van der Waals surface area contributed by atoms with Gasteiger partial charge in [-0.05, 0) is 22.3 Å².